The smallest absolute Gasteiger partial charge is 0.305 e. The lowest BCUT2D eigenvalue weighted by Gasteiger charge is -2.22. The van der Waals surface area contributed by atoms with E-state index in [4.69, 9.17) is 4.74 Å². The standard InChI is InChI=1S/C64H119NO5/c1-3-5-7-9-11-13-15-17-19-20-21-23-26-29-32-36-40-44-48-52-56-62(67)61(60-66)65-63(68)57-53-49-45-41-37-33-30-27-24-22-25-28-31-35-39-43-47-51-55-59-70-64(69)58-54-50-46-42-38-34-18-16-14-12-10-8-6-4-2/h10,12,16,18,28,31,35,39,61-62,66-67H,3-9,11,13-15,17,19-27,29-30,32-34,36-38,40-60H2,1-2H3,(H,65,68)/b12-10-,18-16-,31-28-,39-35-. The van der Waals surface area contributed by atoms with Gasteiger partial charge in [0.1, 0.15) is 0 Å². The third-order valence-corrected chi connectivity index (χ3v) is 14.1. The average Bonchev–Trinajstić information content (AvgIpc) is 3.36. The van der Waals surface area contributed by atoms with E-state index in [2.05, 4.69) is 67.8 Å². The number of nitrogens with one attached hydrogen (secondary N) is 1. The highest BCUT2D eigenvalue weighted by Gasteiger charge is 2.20. The first-order valence-electron chi connectivity index (χ1n) is 30.9. The van der Waals surface area contributed by atoms with Crippen LogP contribution in [0, 0.1) is 0 Å². The number of rotatable bonds is 57. The molecule has 70 heavy (non-hydrogen) atoms. The highest BCUT2D eigenvalue weighted by Crippen LogP contribution is 2.17. The van der Waals surface area contributed by atoms with E-state index >= 15 is 0 Å². The maximum absolute atomic E-state index is 12.5. The third kappa shape index (κ3) is 55.1. The molecule has 410 valence electrons. The van der Waals surface area contributed by atoms with Crippen LogP contribution < -0.4 is 5.32 Å². The summed E-state index contributed by atoms with van der Waals surface area (Å²) in [5.74, 6) is -0.0713. The van der Waals surface area contributed by atoms with Crippen LogP contribution >= 0.6 is 0 Å². The molecule has 1 amide bonds. The number of hydrogen-bond acceptors (Lipinski definition) is 5. The van der Waals surface area contributed by atoms with E-state index in [1.165, 1.54) is 205 Å². The van der Waals surface area contributed by atoms with Crippen molar-refractivity contribution in [3.05, 3.63) is 48.6 Å². The van der Waals surface area contributed by atoms with Gasteiger partial charge in [0.2, 0.25) is 5.91 Å². The zero-order chi connectivity index (χ0) is 50.7. The van der Waals surface area contributed by atoms with Crippen molar-refractivity contribution in [2.45, 2.75) is 334 Å². The van der Waals surface area contributed by atoms with Gasteiger partial charge in [-0.05, 0) is 83.5 Å². The summed E-state index contributed by atoms with van der Waals surface area (Å²) in [6, 6.07) is -0.551. The molecule has 0 aliphatic carbocycles. The predicted molar refractivity (Wildman–Crippen MR) is 306 cm³/mol. The van der Waals surface area contributed by atoms with Crippen LogP contribution in [0.15, 0.2) is 48.6 Å². The number of allylic oxidation sites excluding steroid dienone is 8. The molecule has 0 aliphatic rings. The molecule has 0 radical (unpaired) electrons. The molecule has 0 aliphatic heterocycles. The summed E-state index contributed by atoms with van der Waals surface area (Å²) in [6.07, 6.45) is 75.4. The van der Waals surface area contributed by atoms with Gasteiger partial charge in [-0.25, -0.2) is 0 Å². The number of ether oxygens (including phenoxy) is 1. The minimum absolute atomic E-state index is 0.0280. The Morgan fingerprint density at radius 3 is 1.21 bits per heavy atom. The third-order valence-electron chi connectivity index (χ3n) is 14.1. The van der Waals surface area contributed by atoms with Gasteiger partial charge in [-0.3, -0.25) is 9.59 Å². The molecule has 2 atom stereocenters. The molecule has 0 aromatic heterocycles. The molecule has 6 nitrogen and oxygen atoms in total. The van der Waals surface area contributed by atoms with Crippen molar-refractivity contribution >= 4 is 11.9 Å². The molecule has 0 spiro atoms. The van der Waals surface area contributed by atoms with E-state index in [0.29, 0.717) is 25.9 Å². The highest BCUT2D eigenvalue weighted by atomic mass is 16.5. The van der Waals surface area contributed by atoms with Gasteiger partial charge >= 0.3 is 5.97 Å². The first kappa shape index (κ1) is 67.8. The Morgan fingerprint density at radius 1 is 0.414 bits per heavy atom. The van der Waals surface area contributed by atoms with Crippen LogP contribution in [0.3, 0.4) is 0 Å². The molecule has 6 heteroatoms. The van der Waals surface area contributed by atoms with E-state index in [0.717, 1.165) is 83.5 Å². The van der Waals surface area contributed by atoms with Crippen LogP contribution in [0.1, 0.15) is 322 Å². The van der Waals surface area contributed by atoms with E-state index in [-0.39, 0.29) is 18.5 Å². The Balaban J connectivity index is 3.49. The van der Waals surface area contributed by atoms with Crippen LogP contribution in [-0.2, 0) is 14.3 Å². The zero-order valence-electron chi connectivity index (χ0n) is 46.7. The molecule has 0 bridgehead atoms. The number of carbonyl (C=O) groups excluding carboxylic acids is 2. The Bertz CT molecular complexity index is 1180. The Labute approximate surface area is 436 Å². The Morgan fingerprint density at radius 2 is 0.771 bits per heavy atom. The first-order valence-corrected chi connectivity index (χ1v) is 30.9. The second kappa shape index (κ2) is 59.4. The molecule has 2 unspecified atom stereocenters. The molecule has 0 heterocycles. The second-order valence-electron chi connectivity index (χ2n) is 21.1. The fourth-order valence-corrected chi connectivity index (χ4v) is 9.35. The van der Waals surface area contributed by atoms with Gasteiger partial charge < -0.3 is 20.3 Å². The lowest BCUT2D eigenvalue weighted by Crippen LogP contribution is -2.45. The molecule has 0 saturated carbocycles. The number of aliphatic hydroxyl groups excluding tert-OH is 2. The maximum Gasteiger partial charge on any atom is 0.305 e. The summed E-state index contributed by atoms with van der Waals surface area (Å²) in [5, 5.41) is 23.4. The van der Waals surface area contributed by atoms with Crippen LogP contribution in [0.25, 0.3) is 0 Å². The molecule has 0 aromatic carbocycles. The summed E-state index contributed by atoms with van der Waals surface area (Å²) in [6.45, 7) is 4.88. The first-order chi connectivity index (χ1) is 34.5. The van der Waals surface area contributed by atoms with Crippen molar-refractivity contribution in [3.63, 3.8) is 0 Å². The Hall–Kier alpha value is -2.18. The molecular weight excluding hydrogens is 863 g/mol. The van der Waals surface area contributed by atoms with Crippen LogP contribution in [0.4, 0.5) is 0 Å². The van der Waals surface area contributed by atoms with E-state index in [9.17, 15) is 19.8 Å². The van der Waals surface area contributed by atoms with Crippen molar-refractivity contribution in [1.82, 2.24) is 5.32 Å². The second-order valence-corrected chi connectivity index (χ2v) is 21.1. The number of carbonyl (C=O) groups is 2. The molecule has 0 fully saturated rings. The number of hydrogen-bond donors (Lipinski definition) is 3. The van der Waals surface area contributed by atoms with Gasteiger partial charge in [-0.1, -0.05) is 274 Å². The lowest BCUT2D eigenvalue weighted by atomic mass is 10.0. The van der Waals surface area contributed by atoms with Crippen molar-refractivity contribution in [1.29, 1.82) is 0 Å². The van der Waals surface area contributed by atoms with Crippen LogP contribution in [0.5, 0.6) is 0 Å². The molecule has 3 N–H and O–H groups in total. The predicted octanol–water partition coefficient (Wildman–Crippen LogP) is 19.4. The molecule has 0 rings (SSSR count). The van der Waals surface area contributed by atoms with Crippen molar-refractivity contribution in [3.8, 4) is 0 Å². The summed E-state index contributed by atoms with van der Waals surface area (Å²) in [7, 11) is 0. The lowest BCUT2D eigenvalue weighted by molar-refractivity contribution is -0.143. The molecule has 0 saturated heterocycles. The average molecular weight is 983 g/mol. The fraction of sp³-hybridized carbons (Fsp3) is 0.844. The molecular formula is C64H119NO5. The van der Waals surface area contributed by atoms with E-state index < -0.39 is 12.1 Å². The summed E-state index contributed by atoms with van der Waals surface area (Å²) < 4.78 is 5.44. The van der Waals surface area contributed by atoms with Crippen LogP contribution in [-0.4, -0.2) is 47.4 Å². The zero-order valence-corrected chi connectivity index (χ0v) is 46.7. The summed E-state index contributed by atoms with van der Waals surface area (Å²) >= 11 is 0. The largest absolute Gasteiger partial charge is 0.466 e. The van der Waals surface area contributed by atoms with Gasteiger partial charge in [0, 0.05) is 12.8 Å². The van der Waals surface area contributed by atoms with Crippen molar-refractivity contribution in [2.75, 3.05) is 13.2 Å². The number of esters is 1. The monoisotopic (exact) mass is 982 g/mol. The van der Waals surface area contributed by atoms with Crippen molar-refractivity contribution < 1.29 is 24.5 Å². The van der Waals surface area contributed by atoms with Gasteiger partial charge in [0.05, 0.1) is 25.4 Å². The highest BCUT2D eigenvalue weighted by molar-refractivity contribution is 5.76. The van der Waals surface area contributed by atoms with Crippen LogP contribution in [0.2, 0.25) is 0 Å². The topological polar surface area (TPSA) is 95.9 Å². The summed E-state index contributed by atoms with van der Waals surface area (Å²) in [4.78, 5) is 24.5. The van der Waals surface area contributed by atoms with Gasteiger partial charge in [-0.15, -0.1) is 0 Å². The maximum atomic E-state index is 12.5. The molecule has 0 aromatic rings. The van der Waals surface area contributed by atoms with E-state index in [1.54, 1.807) is 0 Å². The van der Waals surface area contributed by atoms with E-state index in [1.807, 2.05) is 0 Å². The van der Waals surface area contributed by atoms with Gasteiger partial charge in [0.25, 0.3) is 0 Å². The Kier molecular flexibility index (Phi) is 57.5. The minimum Gasteiger partial charge on any atom is -0.466 e. The van der Waals surface area contributed by atoms with Gasteiger partial charge in [-0.2, -0.15) is 0 Å². The SMILES string of the molecule is CCCC/C=C\C/C=C\CCCCCCCC(=O)OCCCCC/C=C\C=C/CCCCCCCCCCCCC(=O)NC(CO)C(O)CCCCCCCCCCCCCCCCCCCCCC. The minimum atomic E-state index is -0.673. The number of unbranched alkanes of at least 4 members (excludes halogenated alkanes) is 39. The normalized spacial score (nSPS) is 12.9. The number of aliphatic hydroxyl groups is 2. The fourth-order valence-electron chi connectivity index (χ4n) is 9.35. The van der Waals surface area contributed by atoms with Gasteiger partial charge in [0.15, 0.2) is 0 Å². The summed E-state index contributed by atoms with van der Waals surface area (Å²) in [5.41, 5.74) is 0. The number of amides is 1. The van der Waals surface area contributed by atoms with Crippen molar-refractivity contribution in [2.24, 2.45) is 0 Å². The quantitative estimate of drug-likeness (QED) is 0.0244.